The van der Waals surface area contributed by atoms with Crippen LogP contribution in [0.3, 0.4) is 0 Å². The fourth-order valence-electron chi connectivity index (χ4n) is 3.70. The van der Waals surface area contributed by atoms with Gasteiger partial charge in [0.05, 0.1) is 6.10 Å². The van der Waals surface area contributed by atoms with Crippen LogP contribution in [-0.2, 0) is 17.8 Å². The van der Waals surface area contributed by atoms with Gasteiger partial charge in [0.15, 0.2) is 0 Å². The molecule has 4 heterocycles. The van der Waals surface area contributed by atoms with Crippen LogP contribution in [0.4, 0.5) is 5.82 Å². The second-order valence-corrected chi connectivity index (χ2v) is 6.87. The van der Waals surface area contributed by atoms with Crippen molar-refractivity contribution in [2.75, 3.05) is 24.5 Å². The molecule has 1 atom stereocenters. The van der Waals surface area contributed by atoms with Crippen LogP contribution < -0.4 is 4.90 Å². The zero-order valence-electron chi connectivity index (χ0n) is 14.1. The summed E-state index contributed by atoms with van der Waals surface area (Å²) < 4.78 is 0. The number of pyridine rings is 2. The largest absolute Gasteiger partial charge is 0.392 e. The maximum absolute atomic E-state index is 11.2. The van der Waals surface area contributed by atoms with Gasteiger partial charge in [-0.2, -0.15) is 0 Å². The van der Waals surface area contributed by atoms with Crippen molar-refractivity contribution in [2.45, 2.75) is 31.9 Å². The van der Waals surface area contributed by atoms with Crippen molar-refractivity contribution in [3.8, 4) is 11.1 Å². The Labute approximate surface area is 147 Å². The summed E-state index contributed by atoms with van der Waals surface area (Å²) in [6.45, 7) is 3.19. The number of β-amino-alcohol motifs (C(OH)–C–C–N with tert-alkyl or cyclic N) is 1. The lowest BCUT2D eigenvalue weighted by Crippen LogP contribution is -2.28. The lowest BCUT2D eigenvalue weighted by molar-refractivity contribution is -0.107. The summed E-state index contributed by atoms with van der Waals surface area (Å²) in [4.78, 5) is 24.0. The summed E-state index contributed by atoms with van der Waals surface area (Å²) in [6.07, 6.45) is 8.96. The number of aliphatic hydroxyl groups is 1. The second-order valence-electron chi connectivity index (χ2n) is 6.87. The zero-order valence-corrected chi connectivity index (χ0v) is 14.1. The number of amides is 1. The molecule has 0 radical (unpaired) electrons. The average Bonchev–Trinajstić information content (AvgIpc) is 3.05. The molecule has 0 aliphatic carbocycles. The molecule has 2 aromatic heterocycles. The van der Waals surface area contributed by atoms with Gasteiger partial charge in [-0.1, -0.05) is 0 Å². The molecule has 25 heavy (non-hydrogen) atoms. The maximum Gasteiger partial charge on any atom is 0.215 e. The van der Waals surface area contributed by atoms with E-state index >= 15 is 0 Å². The Morgan fingerprint density at radius 1 is 1.20 bits per heavy atom. The van der Waals surface area contributed by atoms with Crippen LogP contribution in [0.15, 0.2) is 30.7 Å². The Hall–Kier alpha value is -2.31. The number of fused-ring (bicyclic) bond motifs is 1. The summed E-state index contributed by atoms with van der Waals surface area (Å²) in [6, 6.07) is 4.26. The second kappa shape index (κ2) is 6.90. The highest BCUT2D eigenvalue weighted by Crippen LogP contribution is 2.29. The van der Waals surface area contributed by atoms with Crippen LogP contribution in [0.5, 0.6) is 0 Å². The van der Waals surface area contributed by atoms with Crippen LogP contribution in [0.25, 0.3) is 11.1 Å². The van der Waals surface area contributed by atoms with E-state index in [1.54, 1.807) is 4.90 Å². The number of rotatable bonds is 4. The quantitative estimate of drug-likeness (QED) is 0.858. The SMILES string of the molecule is O=CN1CCCc2cc(-c3cncc(CN4CCC(O)C4)c3)cnc21. The molecule has 1 amide bonds. The minimum absolute atomic E-state index is 0.207. The van der Waals surface area contributed by atoms with Crippen molar-refractivity contribution >= 4 is 12.2 Å². The lowest BCUT2D eigenvalue weighted by atomic mass is 10.0. The molecule has 2 aliphatic rings. The Morgan fingerprint density at radius 3 is 2.88 bits per heavy atom. The Kier molecular flexibility index (Phi) is 4.46. The molecule has 6 heteroatoms. The van der Waals surface area contributed by atoms with Crippen molar-refractivity contribution in [1.29, 1.82) is 0 Å². The fourth-order valence-corrected chi connectivity index (χ4v) is 3.70. The Balaban J connectivity index is 1.57. The third-order valence-corrected chi connectivity index (χ3v) is 4.97. The highest BCUT2D eigenvalue weighted by Gasteiger charge is 2.21. The van der Waals surface area contributed by atoms with E-state index < -0.39 is 0 Å². The first-order valence-electron chi connectivity index (χ1n) is 8.78. The normalized spacial score (nSPS) is 20.5. The van der Waals surface area contributed by atoms with Crippen molar-refractivity contribution < 1.29 is 9.90 Å². The molecule has 2 aromatic rings. The van der Waals surface area contributed by atoms with Gasteiger partial charge in [0.1, 0.15) is 5.82 Å². The van der Waals surface area contributed by atoms with Crippen LogP contribution in [-0.4, -0.2) is 52.1 Å². The van der Waals surface area contributed by atoms with Gasteiger partial charge >= 0.3 is 0 Å². The molecule has 1 saturated heterocycles. The van der Waals surface area contributed by atoms with Gasteiger partial charge in [-0.05, 0) is 42.5 Å². The molecule has 1 fully saturated rings. The monoisotopic (exact) mass is 338 g/mol. The van der Waals surface area contributed by atoms with Gasteiger partial charge in [0, 0.05) is 55.9 Å². The van der Waals surface area contributed by atoms with Gasteiger partial charge in [-0.3, -0.25) is 19.6 Å². The minimum atomic E-state index is -0.207. The van der Waals surface area contributed by atoms with Gasteiger partial charge in [-0.15, -0.1) is 0 Å². The smallest absolute Gasteiger partial charge is 0.215 e. The van der Waals surface area contributed by atoms with Gasteiger partial charge in [0.25, 0.3) is 0 Å². The molecule has 0 aromatic carbocycles. The average molecular weight is 338 g/mol. The number of carbonyl (C=O) groups excluding carboxylic acids is 1. The van der Waals surface area contributed by atoms with Crippen LogP contribution >= 0.6 is 0 Å². The number of nitrogens with zero attached hydrogens (tertiary/aromatic N) is 4. The van der Waals surface area contributed by atoms with Crippen molar-refractivity contribution in [1.82, 2.24) is 14.9 Å². The van der Waals surface area contributed by atoms with E-state index in [9.17, 15) is 9.90 Å². The number of hydrogen-bond acceptors (Lipinski definition) is 5. The summed E-state index contributed by atoms with van der Waals surface area (Å²) in [5.74, 6) is 0.778. The number of carbonyl (C=O) groups is 1. The van der Waals surface area contributed by atoms with Crippen LogP contribution in [0.1, 0.15) is 24.0 Å². The molecule has 0 saturated carbocycles. The Bertz CT molecular complexity index is 780. The van der Waals surface area contributed by atoms with E-state index in [-0.39, 0.29) is 6.10 Å². The molecule has 1 unspecified atom stereocenters. The maximum atomic E-state index is 11.2. The zero-order chi connectivity index (χ0) is 17.2. The molecular formula is C19H22N4O2. The van der Waals surface area contributed by atoms with Crippen molar-refractivity contribution in [3.05, 3.63) is 41.9 Å². The van der Waals surface area contributed by atoms with Crippen LogP contribution in [0, 0.1) is 0 Å². The molecule has 130 valence electrons. The van der Waals surface area contributed by atoms with E-state index in [2.05, 4.69) is 27.0 Å². The predicted molar refractivity (Wildman–Crippen MR) is 95.1 cm³/mol. The van der Waals surface area contributed by atoms with Gasteiger partial charge < -0.3 is 5.11 Å². The van der Waals surface area contributed by atoms with Gasteiger partial charge in [-0.25, -0.2) is 4.98 Å². The highest BCUT2D eigenvalue weighted by atomic mass is 16.3. The molecular weight excluding hydrogens is 316 g/mol. The summed E-state index contributed by atoms with van der Waals surface area (Å²) >= 11 is 0. The first-order chi connectivity index (χ1) is 12.2. The van der Waals surface area contributed by atoms with Crippen molar-refractivity contribution in [2.24, 2.45) is 0 Å². The Morgan fingerprint density at radius 2 is 2.08 bits per heavy atom. The molecule has 0 bridgehead atoms. The third kappa shape index (κ3) is 3.41. The number of aromatic nitrogens is 2. The minimum Gasteiger partial charge on any atom is -0.392 e. The molecule has 6 nitrogen and oxygen atoms in total. The number of anilines is 1. The summed E-state index contributed by atoms with van der Waals surface area (Å²) in [5, 5.41) is 9.67. The number of aryl methyl sites for hydroxylation is 1. The van der Waals surface area contributed by atoms with E-state index in [1.807, 2.05) is 18.6 Å². The third-order valence-electron chi connectivity index (χ3n) is 4.97. The van der Waals surface area contributed by atoms with E-state index in [4.69, 9.17) is 0 Å². The van der Waals surface area contributed by atoms with Crippen molar-refractivity contribution in [3.63, 3.8) is 0 Å². The predicted octanol–water partition coefficient (Wildman–Crippen LogP) is 1.62. The topological polar surface area (TPSA) is 69.6 Å². The number of likely N-dealkylation sites (tertiary alicyclic amines) is 1. The molecule has 2 aliphatic heterocycles. The lowest BCUT2D eigenvalue weighted by Gasteiger charge is -2.25. The van der Waals surface area contributed by atoms with E-state index in [0.29, 0.717) is 0 Å². The number of aliphatic hydroxyl groups excluding tert-OH is 1. The highest BCUT2D eigenvalue weighted by molar-refractivity contribution is 5.77. The first-order valence-corrected chi connectivity index (χ1v) is 8.78. The van der Waals surface area contributed by atoms with E-state index in [0.717, 1.165) is 79.9 Å². The molecule has 4 rings (SSSR count). The summed E-state index contributed by atoms with van der Waals surface area (Å²) in [5.41, 5.74) is 4.32. The standard InChI is InChI=1S/C19H22N4O2/c24-13-23-4-1-2-15-7-17(10-21-19(15)23)16-6-14(8-20-9-16)11-22-5-3-18(25)12-22/h6-10,13,18,25H,1-5,11-12H2. The molecule has 1 N–H and O–H groups in total. The number of hydrogen-bond donors (Lipinski definition) is 1. The van der Waals surface area contributed by atoms with E-state index in [1.165, 1.54) is 0 Å². The van der Waals surface area contributed by atoms with Gasteiger partial charge in [0.2, 0.25) is 6.41 Å². The van der Waals surface area contributed by atoms with Crippen LogP contribution in [0.2, 0.25) is 0 Å². The first kappa shape index (κ1) is 16.2. The molecule has 0 spiro atoms. The fraction of sp³-hybridized carbons (Fsp3) is 0.421. The summed E-state index contributed by atoms with van der Waals surface area (Å²) in [7, 11) is 0.